The number of non-ortho nitro benzene ring substituents is 1. The van der Waals surface area contributed by atoms with E-state index in [0.29, 0.717) is 43.5 Å². The van der Waals surface area contributed by atoms with Crippen LogP contribution in [0.1, 0.15) is 24.7 Å². The van der Waals surface area contributed by atoms with E-state index in [2.05, 4.69) is 10.2 Å². The molecule has 10 nitrogen and oxygen atoms in total. The number of nitro groups is 1. The van der Waals surface area contributed by atoms with Crippen LogP contribution >= 0.6 is 0 Å². The maximum absolute atomic E-state index is 12.8. The van der Waals surface area contributed by atoms with Gasteiger partial charge in [-0.05, 0) is 37.1 Å². The number of aromatic nitrogens is 2. The average Bonchev–Trinajstić information content (AvgIpc) is 3.40. The van der Waals surface area contributed by atoms with Gasteiger partial charge in [0.25, 0.3) is 11.6 Å². The maximum Gasteiger partial charge on any atom is 0.283 e. The van der Waals surface area contributed by atoms with Crippen LogP contribution in [0, 0.1) is 10.1 Å². The Morgan fingerprint density at radius 1 is 1.11 bits per heavy atom. The van der Waals surface area contributed by atoms with Crippen molar-refractivity contribution in [2.45, 2.75) is 23.7 Å². The lowest BCUT2D eigenvalue weighted by Gasteiger charge is -2.29. The first-order valence-electron chi connectivity index (χ1n) is 8.57. The van der Waals surface area contributed by atoms with Gasteiger partial charge in [-0.2, -0.15) is 4.31 Å². The lowest BCUT2D eigenvalue weighted by atomic mass is 9.98. The zero-order chi connectivity index (χ0) is 19.7. The number of piperidine rings is 1. The Morgan fingerprint density at radius 2 is 1.82 bits per heavy atom. The molecule has 0 spiro atoms. The summed E-state index contributed by atoms with van der Waals surface area (Å²) in [7, 11) is -3.71. The third-order valence-electron chi connectivity index (χ3n) is 4.66. The summed E-state index contributed by atoms with van der Waals surface area (Å²) < 4.78 is 37.8. The molecule has 1 fully saturated rings. The Hall–Kier alpha value is -3.05. The summed E-state index contributed by atoms with van der Waals surface area (Å²) >= 11 is 0. The first kappa shape index (κ1) is 18.3. The highest BCUT2D eigenvalue weighted by molar-refractivity contribution is 7.89. The average molecular weight is 404 g/mol. The van der Waals surface area contributed by atoms with Crippen LogP contribution in [0.15, 0.2) is 56.4 Å². The van der Waals surface area contributed by atoms with Crippen molar-refractivity contribution in [3.8, 4) is 11.7 Å². The van der Waals surface area contributed by atoms with Crippen LogP contribution in [0.2, 0.25) is 0 Å². The van der Waals surface area contributed by atoms with Gasteiger partial charge in [0, 0.05) is 31.1 Å². The fourth-order valence-corrected chi connectivity index (χ4v) is 4.60. The smallest absolute Gasteiger partial charge is 0.283 e. The van der Waals surface area contributed by atoms with Gasteiger partial charge in [-0.25, -0.2) is 8.42 Å². The van der Waals surface area contributed by atoms with Gasteiger partial charge < -0.3 is 8.83 Å². The fourth-order valence-electron chi connectivity index (χ4n) is 3.13. The van der Waals surface area contributed by atoms with E-state index in [1.54, 1.807) is 12.1 Å². The molecule has 0 bridgehead atoms. The van der Waals surface area contributed by atoms with E-state index in [4.69, 9.17) is 8.83 Å². The molecule has 146 valence electrons. The standard InChI is InChI=1S/C17H16N4O6S/c22-21(23)13-3-5-14(6-4-13)28(24,25)20-9-7-12(8-10-20)16-18-19-17(27-16)15-2-1-11-26-15/h1-6,11-12H,7-10H2. The molecule has 0 unspecified atom stereocenters. The van der Waals surface area contributed by atoms with Gasteiger partial charge in [0.2, 0.25) is 15.9 Å². The summed E-state index contributed by atoms with van der Waals surface area (Å²) in [6.07, 6.45) is 2.58. The van der Waals surface area contributed by atoms with Crippen LogP contribution in [0.4, 0.5) is 5.69 Å². The van der Waals surface area contributed by atoms with Crippen molar-refractivity contribution < 1.29 is 22.2 Å². The Labute approximate surface area is 160 Å². The summed E-state index contributed by atoms with van der Waals surface area (Å²) in [4.78, 5) is 10.2. The van der Waals surface area contributed by atoms with Gasteiger partial charge in [-0.1, -0.05) is 0 Å². The van der Waals surface area contributed by atoms with Gasteiger partial charge in [0.05, 0.1) is 16.1 Å². The van der Waals surface area contributed by atoms with Crippen LogP contribution < -0.4 is 0 Å². The summed E-state index contributed by atoms with van der Waals surface area (Å²) in [5.74, 6) is 1.19. The highest BCUT2D eigenvalue weighted by Gasteiger charge is 2.32. The van der Waals surface area contributed by atoms with Crippen molar-refractivity contribution in [1.29, 1.82) is 0 Å². The molecule has 0 saturated carbocycles. The number of furan rings is 1. The van der Waals surface area contributed by atoms with Gasteiger partial charge in [-0.3, -0.25) is 10.1 Å². The molecular weight excluding hydrogens is 388 g/mol. The van der Waals surface area contributed by atoms with E-state index in [0.717, 1.165) is 0 Å². The molecule has 3 heterocycles. The molecule has 0 radical (unpaired) electrons. The first-order chi connectivity index (χ1) is 13.4. The number of sulfonamides is 1. The summed E-state index contributed by atoms with van der Waals surface area (Å²) in [6, 6.07) is 8.33. The maximum atomic E-state index is 12.8. The van der Waals surface area contributed by atoms with E-state index in [-0.39, 0.29) is 16.5 Å². The van der Waals surface area contributed by atoms with Crippen LogP contribution in [-0.4, -0.2) is 40.9 Å². The summed E-state index contributed by atoms with van der Waals surface area (Å²) in [6.45, 7) is 0.588. The van der Waals surface area contributed by atoms with E-state index in [1.165, 1.54) is 34.8 Å². The van der Waals surface area contributed by atoms with Crippen molar-refractivity contribution in [1.82, 2.24) is 14.5 Å². The predicted octanol–water partition coefficient (Wildman–Crippen LogP) is 2.81. The zero-order valence-corrected chi connectivity index (χ0v) is 15.4. The molecule has 0 N–H and O–H groups in total. The second kappa shape index (κ2) is 7.17. The molecule has 4 rings (SSSR count). The fraction of sp³-hybridized carbons (Fsp3) is 0.294. The molecule has 3 aromatic rings. The van der Waals surface area contributed by atoms with Crippen LogP contribution in [0.5, 0.6) is 0 Å². The number of benzene rings is 1. The van der Waals surface area contributed by atoms with E-state index in [9.17, 15) is 18.5 Å². The topological polar surface area (TPSA) is 133 Å². The number of nitrogens with zero attached hydrogens (tertiary/aromatic N) is 4. The summed E-state index contributed by atoms with van der Waals surface area (Å²) in [5.41, 5.74) is -0.151. The predicted molar refractivity (Wildman–Crippen MR) is 95.8 cm³/mol. The van der Waals surface area contributed by atoms with Crippen molar-refractivity contribution in [2.24, 2.45) is 0 Å². The minimum atomic E-state index is -3.71. The van der Waals surface area contributed by atoms with Gasteiger partial charge in [0.1, 0.15) is 0 Å². The molecule has 1 aromatic carbocycles. The first-order valence-corrected chi connectivity index (χ1v) is 10.0. The van der Waals surface area contributed by atoms with Gasteiger partial charge in [0.15, 0.2) is 5.76 Å². The van der Waals surface area contributed by atoms with Crippen molar-refractivity contribution in [3.05, 3.63) is 58.7 Å². The van der Waals surface area contributed by atoms with E-state index >= 15 is 0 Å². The highest BCUT2D eigenvalue weighted by atomic mass is 32.2. The molecule has 1 saturated heterocycles. The lowest BCUT2D eigenvalue weighted by molar-refractivity contribution is -0.384. The van der Waals surface area contributed by atoms with Crippen molar-refractivity contribution in [2.75, 3.05) is 13.1 Å². The Kier molecular flexibility index (Phi) is 4.69. The SMILES string of the molecule is O=[N+]([O-])c1ccc(S(=O)(=O)N2CCC(c3nnc(-c4ccco4)o3)CC2)cc1. The number of rotatable bonds is 5. The molecule has 1 aliphatic rings. The minimum absolute atomic E-state index is 0.0365. The van der Waals surface area contributed by atoms with E-state index < -0.39 is 14.9 Å². The van der Waals surface area contributed by atoms with Crippen LogP contribution in [0.3, 0.4) is 0 Å². The quantitative estimate of drug-likeness (QED) is 0.468. The minimum Gasteiger partial charge on any atom is -0.459 e. The second-order valence-electron chi connectivity index (χ2n) is 6.35. The number of nitro benzene ring substituents is 1. The normalized spacial score (nSPS) is 16.3. The monoisotopic (exact) mass is 404 g/mol. The third-order valence-corrected chi connectivity index (χ3v) is 6.57. The van der Waals surface area contributed by atoms with Crippen LogP contribution in [0.25, 0.3) is 11.7 Å². The Morgan fingerprint density at radius 3 is 2.43 bits per heavy atom. The molecule has 2 aromatic heterocycles. The van der Waals surface area contributed by atoms with E-state index in [1.807, 2.05) is 0 Å². The van der Waals surface area contributed by atoms with Gasteiger partial charge >= 0.3 is 0 Å². The zero-order valence-electron chi connectivity index (χ0n) is 14.6. The van der Waals surface area contributed by atoms with Gasteiger partial charge in [-0.15, -0.1) is 10.2 Å². The van der Waals surface area contributed by atoms with Crippen LogP contribution in [-0.2, 0) is 10.0 Å². The summed E-state index contributed by atoms with van der Waals surface area (Å²) in [5, 5.41) is 18.8. The molecule has 1 aliphatic heterocycles. The molecule has 0 amide bonds. The van der Waals surface area contributed by atoms with Crippen molar-refractivity contribution in [3.63, 3.8) is 0 Å². The number of hydrogen-bond donors (Lipinski definition) is 0. The molecule has 28 heavy (non-hydrogen) atoms. The Balaban J connectivity index is 1.44. The number of hydrogen-bond acceptors (Lipinski definition) is 8. The molecule has 11 heteroatoms. The molecule has 0 atom stereocenters. The second-order valence-corrected chi connectivity index (χ2v) is 8.29. The largest absolute Gasteiger partial charge is 0.459 e. The van der Waals surface area contributed by atoms with Crippen molar-refractivity contribution >= 4 is 15.7 Å². The highest BCUT2D eigenvalue weighted by Crippen LogP contribution is 2.32. The Bertz CT molecular complexity index is 1070. The molecular formula is C17H16N4O6S. The third kappa shape index (κ3) is 3.41. The molecule has 0 aliphatic carbocycles. The lowest BCUT2D eigenvalue weighted by Crippen LogP contribution is -2.37.